The second-order valence-electron chi connectivity index (χ2n) is 10.7. The van der Waals surface area contributed by atoms with Gasteiger partial charge in [0.05, 0.1) is 22.7 Å². The minimum absolute atomic E-state index is 0.148. The maximum absolute atomic E-state index is 14.3. The minimum atomic E-state index is -4.34. The molecule has 3 aliphatic rings. The Hall–Kier alpha value is -0.790. The van der Waals surface area contributed by atoms with Gasteiger partial charge in [-0.1, -0.05) is 34.8 Å². The number of ether oxygens (including phenoxy) is 1. The third-order valence-corrected chi connectivity index (χ3v) is 10.9. The van der Waals surface area contributed by atoms with Crippen LogP contribution in [0.5, 0.6) is 0 Å². The van der Waals surface area contributed by atoms with Crippen molar-refractivity contribution in [3.05, 3.63) is 27.2 Å². The van der Waals surface area contributed by atoms with E-state index >= 15 is 0 Å². The highest BCUT2D eigenvalue weighted by Gasteiger charge is 2.46. The Morgan fingerprint density at radius 2 is 1.64 bits per heavy atom. The molecule has 1 amide bonds. The van der Waals surface area contributed by atoms with Crippen molar-refractivity contribution in [2.45, 2.75) is 42.5 Å². The van der Waals surface area contributed by atoms with Gasteiger partial charge in [-0.25, -0.2) is 17.2 Å². The van der Waals surface area contributed by atoms with Gasteiger partial charge in [-0.2, -0.15) is 4.31 Å². The standard InChI is InChI=1S/C25H35Cl3F2N4O4S/c1-31-5-2-18(3-6-31)15-32-8-10-33(11-9-32)23(35)17-38-16-20-14-25(29,30)4-7-34(20)39(36,37)24-21(27)12-19(26)13-22(24)28/h12-13,18,20H,2-11,14-17H2,1H3/t20-/m0/s1. The summed E-state index contributed by atoms with van der Waals surface area (Å²) >= 11 is 18.2. The van der Waals surface area contributed by atoms with Gasteiger partial charge in [-0.15, -0.1) is 0 Å². The number of amides is 1. The summed E-state index contributed by atoms with van der Waals surface area (Å²) in [6, 6.07) is 1.27. The molecule has 0 unspecified atom stereocenters. The molecule has 1 atom stereocenters. The Balaban J connectivity index is 1.31. The maximum atomic E-state index is 14.3. The molecule has 0 radical (unpaired) electrons. The zero-order valence-corrected chi connectivity index (χ0v) is 25.0. The van der Waals surface area contributed by atoms with Crippen molar-refractivity contribution >= 4 is 50.7 Å². The zero-order chi connectivity index (χ0) is 28.4. The van der Waals surface area contributed by atoms with Crippen molar-refractivity contribution in [2.24, 2.45) is 5.92 Å². The molecule has 3 aliphatic heterocycles. The number of rotatable bonds is 8. The summed E-state index contributed by atoms with van der Waals surface area (Å²) in [6.45, 7) is 4.86. The fraction of sp³-hybridized carbons (Fsp3) is 0.720. The van der Waals surface area contributed by atoms with Crippen LogP contribution in [0.1, 0.15) is 25.7 Å². The highest BCUT2D eigenvalue weighted by atomic mass is 35.5. The Morgan fingerprint density at radius 1 is 1.03 bits per heavy atom. The largest absolute Gasteiger partial charge is 0.370 e. The summed E-state index contributed by atoms with van der Waals surface area (Å²) in [5.41, 5.74) is 0. The van der Waals surface area contributed by atoms with Crippen molar-refractivity contribution in [2.75, 3.05) is 72.6 Å². The van der Waals surface area contributed by atoms with Crippen LogP contribution in [0.15, 0.2) is 17.0 Å². The lowest BCUT2D eigenvalue weighted by atomic mass is 9.96. The van der Waals surface area contributed by atoms with E-state index in [4.69, 9.17) is 39.5 Å². The van der Waals surface area contributed by atoms with Crippen LogP contribution < -0.4 is 0 Å². The van der Waals surface area contributed by atoms with Gasteiger partial charge in [0.25, 0.3) is 5.92 Å². The Labute approximate surface area is 244 Å². The number of nitrogens with zero attached hydrogens (tertiary/aromatic N) is 4. The number of likely N-dealkylation sites (tertiary alicyclic amines) is 1. The molecule has 3 heterocycles. The molecule has 1 aromatic carbocycles. The van der Waals surface area contributed by atoms with Gasteiger partial charge in [-0.3, -0.25) is 9.69 Å². The van der Waals surface area contributed by atoms with E-state index in [-0.39, 0.29) is 39.1 Å². The number of carbonyl (C=O) groups is 1. The van der Waals surface area contributed by atoms with Crippen molar-refractivity contribution in [3.63, 3.8) is 0 Å². The monoisotopic (exact) mass is 630 g/mol. The van der Waals surface area contributed by atoms with E-state index < -0.39 is 41.4 Å². The van der Waals surface area contributed by atoms with E-state index in [1.165, 1.54) is 25.0 Å². The third-order valence-electron chi connectivity index (χ3n) is 7.78. The lowest BCUT2D eigenvalue weighted by Gasteiger charge is -2.39. The van der Waals surface area contributed by atoms with Gasteiger partial charge in [-0.05, 0) is 51.0 Å². The molecule has 0 aromatic heterocycles. The van der Waals surface area contributed by atoms with Crippen LogP contribution >= 0.6 is 34.8 Å². The molecule has 3 fully saturated rings. The van der Waals surface area contributed by atoms with Crippen molar-refractivity contribution in [3.8, 4) is 0 Å². The molecule has 0 aliphatic carbocycles. The molecule has 0 saturated carbocycles. The van der Waals surface area contributed by atoms with Crippen LogP contribution in [-0.2, 0) is 19.6 Å². The van der Waals surface area contributed by atoms with E-state index in [1.54, 1.807) is 4.90 Å². The average Bonchev–Trinajstić information content (AvgIpc) is 2.84. The van der Waals surface area contributed by atoms with Crippen molar-refractivity contribution < 1.29 is 26.7 Å². The van der Waals surface area contributed by atoms with Gasteiger partial charge in [0.15, 0.2) is 0 Å². The molecule has 1 aromatic rings. The summed E-state index contributed by atoms with van der Waals surface area (Å²) in [5, 5.41) is -0.250. The number of benzene rings is 1. The van der Waals surface area contributed by atoms with Gasteiger partial charge >= 0.3 is 0 Å². The lowest BCUT2D eigenvalue weighted by molar-refractivity contribution is -0.139. The summed E-state index contributed by atoms with van der Waals surface area (Å²) in [5.74, 6) is -2.63. The molecule has 0 spiro atoms. The smallest absolute Gasteiger partial charge is 0.251 e. The van der Waals surface area contributed by atoms with Crippen molar-refractivity contribution in [1.29, 1.82) is 0 Å². The van der Waals surface area contributed by atoms with Gasteiger partial charge in [0.2, 0.25) is 15.9 Å². The first-order valence-corrected chi connectivity index (χ1v) is 15.7. The summed E-state index contributed by atoms with van der Waals surface area (Å²) in [4.78, 5) is 18.8. The van der Waals surface area contributed by atoms with Crippen LogP contribution in [0.2, 0.25) is 15.1 Å². The Bertz CT molecular complexity index is 1110. The van der Waals surface area contributed by atoms with Gasteiger partial charge in [0, 0.05) is 57.1 Å². The first-order valence-electron chi connectivity index (χ1n) is 13.2. The van der Waals surface area contributed by atoms with E-state index in [0.717, 1.165) is 37.0 Å². The van der Waals surface area contributed by atoms with Gasteiger partial charge < -0.3 is 14.5 Å². The molecule has 4 rings (SSSR count). The second kappa shape index (κ2) is 13.0. The molecular weight excluding hydrogens is 597 g/mol. The molecule has 3 saturated heterocycles. The van der Waals surface area contributed by atoms with Crippen LogP contribution in [-0.4, -0.2) is 118 Å². The highest BCUT2D eigenvalue weighted by molar-refractivity contribution is 7.89. The van der Waals surface area contributed by atoms with Gasteiger partial charge in [0.1, 0.15) is 11.5 Å². The lowest BCUT2D eigenvalue weighted by Crippen LogP contribution is -2.53. The number of hydrogen-bond donors (Lipinski definition) is 0. The number of sulfonamides is 1. The first-order chi connectivity index (χ1) is 18.4. The zero-order valence-electron chi connectivity index (χ0n) is 21.9. The number of piperazine rings is 1. The SMILES string of the molecule is CN1CCC(CN2CCN(C(=O)COC[C@@H]3CC(F)(F)CCN3S(=O)(=O)c3c(Cl)cc(Cl)cc3Cl)CC2)CC1. The number of piperidine rings is 2. The number of carbonyl (C=O) groups excluding carboxylic acids is 1. The third kappa shape index (κ3) is 7.94. The summed E-state index contributed by atoms with van der Waals surface area (Å²) in [7, 11) is -2.20. The quantitative estimate of drug-likeness (QED) is 0.433. The van der Waals surface area contributed by atoms with E-state index in [1.807, 2.05) is 0 Å². The molecule has 220 valence electrons. The fourth-order valence-electron chi connectivity index (χ4n) is 5.52. The maximum Gasteiger partial charge on any atom is 0.251 e. The van der Waals surface area contributed by atoms with Crippen LogP contribution in [0.4, 0.5) is 8.78 Å². The summed E-state index contributed by atoms with van der Waals surface area (Å²) in [6.07, 6.45) is 0.991. The molecule has 0 bridgehead atoms. The molecule has 39 heavy (non-hydrogen) atoms. The highest BCUT2D eigenvalue weighted by Crippen LogP contribution is 2.39. The fourth-order valence-corrected chi connectivity index (χ4v) is 8.63. The number of halogens is 5. The molecule has 14 heteroatoms. The average molecular weight is 632 g/mol. The first kappa shape index (κ1) is 31.2. The molecule has 8 nitrogen and oxygen atoms in total. The second-order valence-corrected chi connectivity index (χ2v) is 13.8. The van der Waals surface area contributed by atoms with Crippen LogP contribution in [0.3, 0.4) is 0 Å². The summed E-state index contributed by atoms with van der Waals surface area (Å²) < 4.78 is 61.9. The molecule has 0 N–H and O–H groups in total. The topological polar surface area (TPSA) is 73.4 Å². The minimum Gasteiger partial charge on any atom is -0.370 e. The van der Waals surface area contributed by atoms with Crippen molar-refractivity contribution in [1.82, 2.24) is 19.0 Å². The van der Waals surface area contributed by atoms with E-state index in [0.29, 0.717) is 19.0 Å². The van der Waals surface area contributed by atoms with E-state index in [2.05, 4.69) is 16.8 Å². The number of alkyl halides is 2. The molecular formula is C25H35Cl3F2N4O4S. The Morgan fingerprint density at radius 3 is 2.26 bits per heavy atom. The van der Waals surface area contributed by atoms with Crippen LogP contribution in [0.25, 0.3) is 0 Å². The normalized spacial score (nSPS) is 24.3. The van der Waals surface area contributed by atoms with Crippen LogP contribution in [0, 0.1) is 5.92 Å². The predicted molar refractivity (Wildman–Crippen MR) is 147 cm³/mol. The predicted octanol–water partition coefficient (Wildman–Crippen LogP) is 3.94. The number of hydrogen-bond acceptors (Lipinski definition) is 6. The van der Waals surface area contributed by atoms with E-state index in [9.17, 15) is 22.0 Å². The Kier molecular flexibility index (Phi) is 10.4.